The van der Waals surface area contributed by atoms with Gasteiger partial charge in [-0.1, -0.05) is 46.3 Å². The predicted octanol–water partition coefficient (Wildman–Crippen LogP) is 7.31. The molecule has 3 unspecified atom stereocenters. The zero-order valence-corrected chi connectivity index (χ0v) is 27.6. The fourth-order valence-electron chi connectivity index (χ4n) is 11.2. The third-order valence-electron chi connectivity index (χ3n) is 14.0. The predicted molar refractivity (Wildman–Crippen MR) is 163 cm³/mol. The molecule has 0 spiro atoms. The first-order valence-electron chi connectivity index (χ1n) is 16.8. The van der Waals surface area contributed by atoms with Crippen LogP contribution < -0.4 is 0 Å². The largest absolute Gasteiger partial charge is 0.481 e. The summed E-state index contributed by atoms with van der Waals surface area (Å²) in [5, 5.41) is 8.96. The third-order valence-corrected chi connectivity index (χ3v) is 14.0. The van der Waals surface area contributed by atoms with E-state index in [0.717, 1.165) is 57.8 Å². The van der Waals surface area contributed by atoms with Crippen molar-refractivity contribution in [1.82, 2.24) is 0 Å². The van der Waals surface area contributed by atoms with E-state index in [4.69, 9.17) is 14.6 Å². The summed E-state index contributed by atoms with van der Waals surface area (Å²) >= 11 is 0. The van der Waals surface area contributed by atoms with E-state index in [2.05, 4.69) is 40.7 Å². The van der Waals surface area contributed by atoms with Crippen LogP contribution in [0.4, 0.5) is 0 Å². The van der Waals surface area contributed by atoms with Crippen LogP contribution in [0.5, 0.6) is 0 Å². The number of ketones is 1. The van der Waals surface area contributed by atoms with Crippen LogP contribution in [0.2, 0.25) is 0 Å². The Bertz CT molecular complexity index is 1220. The quantitative estimate of drug-likeness (QED) is 0.242. The second kappa shape index (κ2) is 10.7. The summed E-state index contributed by atoms with van der Waals surface area (Å²) in [5.41, 5.74) is 0.328. The van der Waals surface area contributed by atoms with Crippen LogP contribution in [0.25, 0.3) is 0 Å². The lowest BCUT2D eigenvalue weighted by molar-refractivity contribution is -0.198. The Kier molecular flexibility index (Phi) is 8.03. The zero-order valence-electron chi connectivity index (χ0n) is 27.6. The molecular weight excluding hydrogens is 544 g/mol. The normalized spacial score (nSPS) is 43.2. The Labute approximate surface area is 257 Å². The maximum Gasteiger partial charge on any atom is 0.312 e. The summed E-state index contributed by atoms with van der Waals surface area (Å²) in [6.07, 6.45) is 11.0. The molecule has 0 aromatic carbocycles. The van der Waals surface area contributed by atoms with Gasteiger partial charge in [0.1, 0.15) is 12.4 Å². The number of aliphatic carboxylic acids is 1. The molecule has 240 valence electrons. The van der Waals surface area contributed by atoms with Crippen molar-refractivity contribution in [1.29, 1.82) is 0 Å². The Morgan fingerprint density at radius 2 is 1.60 bits per heavy atom. The van der Waals surface area contributed by atoms with E-state index < -0.39 is 22.8 Å². The molecule has 4 saturated carbocycles. The molecule has 4 fully saturated rings. The number of Topliss-reactive ketones (excluding diaryl/α,β-unsaturated/α-hetero) is 1. The first kappa shape index (κ1) is 32.2. The van der Waals surface area contributed by atoms with Crippen molar-refractivity contribution in [2.75, 3.05) is 13.2 Å². The van der Waals surface area contributed by atoms with Gasteiger partial charge in [-0.05, 0) is 111 Å². The van der Waals surface area contributed by atoms with Crippen molar-refractivity contribution in [2.45, 2.75) is 126 Å². The average molecular weight is 599 g/mol. The fraction of sp³-hybridized carbons (Fsp3) is 0.833. The fourth-order valence-corrected chi connectivity index (χ4v) is 11.2. The van der Waals surface area contributed by atoms with Crippen LogP contribution in [-0.4, -0.2) is 42.0 Å². The monoisotopic (exact) mass is 598 g/mol. The number of fused-ring (bicyclic) bond motifs is 7. The van der Waals surface area contributed by atoms with E-state index in [1.807, 2.05) is 13.8 Å². The summed E-state index contributed by atoms with van der Waals surface area (Å²) in [6, 6.07) is 0. The Balaban J connectivity index is 1.48. The first-order valence-corrected chi connectivity index (χ1v) is 16.8. The second-order valence-electron chi connectivity index (χ2n) is 16.5. The highest BCUT2D eigenvalue weighted by Crippen LogP contribution is 2.75. The van der Waals surface area contributed by atoms with Gasteiger partial charge in [0, 0.05) is 6.42 Å². The molecule has 0 radical (unpaired) electrons. The molecule has 0 heterocycles. The smallest absolute Gasteiger partial charge is 0.312 e. The van der Waals surface area contributed by atoms with Crippen molar-refractivity contribution in [3.8, 4) is 0 Å². The molecule has 5 aliphatic rings. The summed E-state index contributed by atoms with van der Waals surface area (Å²) in [5.74, 6) is -0.779. The Hall–Kier alpha value is -2.18. The highest BCUT2D eigenvalue weighted by molar-refractivity contribution is 5.86. The Morgan fingerprint density at radius 3 is 2.28 bits per heavy atom. The van der Waals surface area contributed by atoms with Gasteiger partial charge in [-0.3, -0.25) is 19.2 Å². The second-order valence-corrected chi connectivity index (χ2v) is 16.5. The van der Waals surface area contributed by atoms with Gasteiger partial charge in [0.05, 0.1) is 30.3 Å². The van der Waals surface area contributed by atoms with E-state index >= 15 is 0 Å². The number of carbonyl (C=O) groups excluding carboxylic acids is 3. The highest BCUT2D eigenvalue weighted by atomic mass is 16.5. The number of hydrogen-bond donors (Lipinski definition) is 1. The number of carbonyl (C=O) groups is 4. The molecule has 7 nitrogen and oxygen atoms in total. The van der Waals surface area contributed by atoms with Gasteiger partial charge in [0.25, 0.3) is 0 Å². The molecular formula is C36H54O7. The number of hydrogen-bond acceptors (Lipinski definition) is 6. The minimum Gasteiger partial charge on any atom is -0.481 e. The molecule has 8 atom stereocenters. The third kappa shape index (κ3) is 4.81. The minimum atomic E-state index is -1.03. The van der Waals surface area contributed by atoms with Crippen molar-refractivity contribution in [3.63, 3.8) is 0 Å². The summed E-state index contributed by atoms with van der Waals surface area (Å²) in [7, 11) is 0. The number of rotatable bonds is 7. The lowest BCUT2D eigenvalue weighted by Gasteiger charge is -2.70. The van der Waals surface area contributed by atoms with Crippen molar-refractivity contribution in [3.05, 3.63) is 11.6 Å². The number of carboxylic acid groups (broad SMARTS) is 1. The van der Waals surface area contributed by atoms with E-state index in [-0.39, 0.29) is 64.7 Å². The minimum absolute atomic E-state index is 0.000794. The number of allylic oxidation sites excluding steroid dienone is 2. The van der Waals surface area contributed by atoms with Gasteiger partial charge in [0.2, 0.25) is 0 Å². The van der Waals surface area contributed by atoms with E-state index in [1.165, 1.54) is 5.57 Å². The number of carboxylic acids is 1. The van der Waals surface area contributed by atoms with Gasteiger partial charge in [-0.25, -0.2) is 0 Å². The lowest BCUT2D eigenvalue weighted by Crippen LogP contribution is -2.65. The van der Waals surface area contributed by atoms with Crippen LogP contribution in [0.3, 0.4) is 0 Å². The summed E-state index contributed by atoms with van der Waals surface area (Å²) < 4.78 is 11.4. The van der Waals surface area contributed by atoms with Crippen molar-refractivity contribution >= 4 is 23.7 Å². The van der Waals surface area contributed by atoms with Crippen LogP contribution >= 0.6 is 0 Å². The molecule has 1 N–H and O–H groups in total. The molecule has 0 bridgehead atoms. The molecule has 7 heteroatoms. The molecule has 0 aromatic heterocycles. The van der Waals surface area contributed by atoms with Crippen LogP contribution in [0.1, 0.15) is 126 Å². The standard InChI is InChI=1S/C36H54O7/c1-8-42-30(41)36-19-17-31(2,3)21-24(36)23-9-10-26-32(4)15-14-27(37)33(5,22-43-29(40)12-11-28(38)39)25(32)13-16-35(26,7)34(23,6)18-20-36/h9,24-26H,8,10-22H2,1-7H3,(H,38,39)/t24?,25?,26?,32-,33-,34+,35+,36-/m0/s1. The average Bonchev–Trinajstić information content (AvgIpc) is 2.93. The molecule has 0 amide bonds. The van der Waals surface area contributed by atoms with Gasteiger partial charge >= 0.3 is 17.9 Å². The molecule has 0 aliphatic heterocycles. The van der Waals surface area contributed by atoms with E-state index in [1.54, 1.807) is 0 Å². The molecule has 0 aromatic rings. The van der Waals surface area contributed by atoms with E-state index in [0.29, 0.717) is 18.9 Å². The molecule has 5 rings (SSSR count). The Morgan fingerprint density at radius 1 is 0.907 bits per heavy atom. The highest BCUT2D eigenvalue weighted by Gasteiger charge is 2.70. The van der Waals surface area contributed by atoms with Crippen LogP contribution in [-0.2, 0) is 28.7 Å². The van der Waals surface area contributed by atoms with Gasteiger partial charge in [0.15, 0.2) is 0 Å². The first-order chi connectivity index (χ1) is 20.0. The summed E-state index contributed by atoms with van der Waals surface area (Å²) in [4.78, 5) is 50.6. The number of esters is 2. The summed E-state index contributed by atoms with van der Waals surface area (Å²) in [6.45, 7) is 16.4. The molecule has 0 saturated heterocycles. The van der Waals surface area contributed by atoms with Crippen molar-refractivity contribution in [2.24, 2.45) is 50.2 Å². The van der Waals surface area contributed by atoms with Gasteiger partial charge in [-0.2, -0.15) is 0 Å². The zero-order chi connectivity index (χ0) is 31.6. The molecule has 5 aliphatic carbocycles. The maximum atomic E-state index is 13.7. The van der Waals surface area contributed by atoms with Gasteiger partial charge < -0.3 is 14.6 Å². The number of ether oxygens (including phenoxy) is 2. The maximum absolute atomic E-state index is 13.7. The molecule has 43 heavy (non-hydrogen) atoms. The lowest BCUT2D eigenvalue weighted by atomic mass is 9.33. The van der Waals surface area contributed by atoms with Crippen molar-refractivity contribution < 1.29 is 33.8 Å². The SMILES string of the molecule is CCOC(=O)[C@]12CCC(C)(C)CC1C1=CCC3[C@@]4(C)CCC(=O)[C@@](C)(COC(=O)CCC(=O)O)C4CC[C@@]3(C)[C@]1(C)CC2. The van der Waals surface area contributed by atoms with Crippen LogP contribution in [0, 0.1) is 50.2 Å². The topological polar surface area (TPSA) is 107 Å². The van der Waals surface area contributed by atoms with E-state index in [9.17, 15) is 19.2 Å². The van der Waals surface area contributed by atoms with Crippen LogP contribution in [0.15, 0.2) is 11.6 Å². The van der Waals surface area contributed by atoms with Gasteiger partial charge in [-0.15, -0.1) is 0 Å².